The molecule has 0 saturated carbocycles. The number of benzene rings is 1. The van der Waals surface area contributed by atoms with Crippen molar-refractivity contribution in [3.63, 3.8) is 0 Å². The van der Waals surface area contributed by atoms with Gasteiger partial charge in [-0.05, 0) is 39.8 Å². The van der Waals surface area contributed by atoms with Crippen molar-refractivity contribution in [3.8, 4) is 5.75 Å². The third kappa shape index (κ3) is 7.99. The van der Waals surface area contributed by atoms with Crippen molar-refractivity contribution in [2.45, 2.75) is 51.9 Å². The van der Waals surface area contributed by atoms with Crippen molar-refractivity contribution in [1.29, 1.82) is 0 Å². The van der Waals surface area contributed by atoms with E-state index >= 15 is 0 Å². The summed E-state index contributed by atoms with van der Waals surface area (Å²) in [5.74, 6) is -2.60. The summed E-state index contributed by atoms with van der Waals surface area (Å²) in [6.07, 6.45) is -13.0. The van der Waals surface area contributed by atoms with E-state index in [1.54, 1.807) is 0 Å². The van der Waals surface area contributed by atoms with Crippen molar-refractivity contribution < 1.29 is 57.4 Å². The van der Waals surface area contributed by atoms with Crippen LogP contribution in [0.4, 0.5) is 26.3 Å². The van der Waals surface area contributed by atoms with Gasteiger partial charge in [-0.2, -0.15) is 21.6 Å². The maximum Gasteiger partial charge on any atom is 0.539 e. The second kappa shape index (κ2) is 8.98. The van der Waals surface area contributed by atoms with Crippen LogP contribution in [0.15, 0.2) is 18.2 Å². The fourth-order valence-electron chi connectivity index (χ4n) is 2.17. The van der Waals surface area contributed by atoms with Gasteiger partial charge in [-0.3, -0.25) is 0 Å². The van der Waals surface area contributed by atoms with E-state index in [0.29, 0.717) is 18.2 Å². The zero-order valence-corrected chi connectivity index (χ0v) is 16.9. The largest absolute Gasteiger partial charge is 0.539 e. The molecule has 0 fully saturated rings. The molecule has 0 radical (unpaired) electrons. The number of ether oxygens (including phenoxy) is 2. The molecule has 0 aliphatic heterocycles. The normalized spacial score (nSPS) is 14.3. The molecule has 0 aliphatic carbocycles. The van der Waals surface area contributed by atoms with Gasteiger partial charge >= 0.3 is 28.9 Å². The minimum Gasteiger partial charge on any atom is -0.464 e. The van der Waals surface area contributed by atoms with Crippen LogP contribution < -0.4 is 4.18 Å². The highest BCUT2D eigenvalue weighted by Crippen LogP contribution is 2.42. The van der Waals surface area contributed by atoms with Crippen LogP contribution in [0.3, 0.4) is 0 Å². The first kappa shape index (κ1) is 26.0. The van der Waals surface area contributed by atoms with E-state index in [2.05, 4.69) is 8.37 Å². The summed E-state index contributed by atoms with van der Waals surface area (Å²) < 4.78 is 117. The second-order valence-electron chi connectivity index (χ2n) is 6.60. The summed E-state index contributed by atoms with van der Waals surface area (Å²) in [4.78, 5) is 12.3. The molecule has 1 aromatic carbocycles. The molecule has 1 atom stereocenters. The number of rotatable bonds is 7. The molecule has 1 aromatic rings. The molecule has 0 N–H and O–H groups in total. The molecular weight excluding hydrogens is 450 g/mol. The lowest BCUT2D eigenvalue weighted by Crippen LogP contribution is -2.31. The van der Waals surface area contributed by atoms with Crippen molar-refractivity contribution >= 4 is 16.4 Å². The lowest BCUT2D eigenvalue weighted by molar-refractivity contribution is -0.274. The molecule has 0 heterocycles. The van der Waals surface area contributed by atoms with Gasteiger partial charge in [0.15, 0.2) is 11.9 Å². The first-order valence-corrected chi connectivity index (χ1v) is 9.46. The third-order valence-corrected chi connectivity index (χ3v) is 3.77. The predicted octanol–water partition coefficient (Wildman–Crippen LogP) is 4.28. The second-order valence-corrected chi connectivity index (χ2v) is 7.75. The number of alkyl halides is 6. The van der Waals surface area contributed by atoms with Crippen LogP contribution in [0.5, 0.6) is 5.75 Å². The van der Waals surface area contributed by atoms with Crippen LogP contribution in [-0.4, -0.2) is 33.0 Å². The maximum absolute atomic E-state index is 13.6. The molecule has 172 valence electrons. The minimum absolute atomic E-state index is 0.275. The molecule has 14 heteroatoms. The van der Waals surface area contributed by atoms with Crippen LogP contribution >= 0.6 is 0 Å². The number of halogens is 6. The minimum atomic E-state index is -5.89. The maximum atomic E-state index is 13.6. The summed E-state index contributed by atoms with van der Waals surface area (Å²) in [6.45, 7) is 5.20. The average molecular weight is 468 g/mol. The Morgan fingerprint density at radius 3 is 2.07 bits per heavy atom. The zero-order valence-electron chi connectivity index (χ0n) is 16.1. The molecule has 0 spiro atoms. The summed E-state index contributed by atoms with van der Waals surface area (Å²) in [6, 6.07) is 1.75. The fourth-order valence-corrected chi connectivity index (χ4v) is 2.80. The Bertz CT molecular complexity index is 856. The number of carbonyl (C=O) groups excluding carboxylic acids is 1. The molecule has 0 amide bonds. The molecule has 0 bridgehead atoms. The van der Waals surface area contributed by atoms with Crippen LogP contribution in [0.1, 0.15) is 44.9 Å². The van der Waals surface area contributed by atoms with Gasteiger partial charge in [-0.25, -0.2) is 4.79 Å². The Morgan fingerprint density at radius 1 is 1.07 bits per heavy atom. The van der Waals surface area contributed by atoms with Crippen molar-refractivity contribution in [2.75, 3.05) is 6.61 Å². The van der Waals surface area contributed by atoms with Crippen LogP contribution in [0, 0.1) is 0 Å². The quantitative estimate of drug-likeness (QED) is 0.436. The monoisotopic (exact) mass is 468 g/mol. The standard InChI is InChI=1S/C16H18F6O7S/c1-5-26-13(23)12(27-14(2,3)4)11-9(15(17,18)19)7-6-8-10(11)28-30(24,25)29-16(20,21)22/h6-8,12H,5H2,1-4H3. The lowest BCUT2D eigenvalue weighted by Gasteiger charge is -2.29. The SMILES string of the molecule is CCOC(=O)C(OC(C)(C)C)c1c(OS(=O)(=O)OC(F)(F)F)cccc1C(F)(F)F. The molecule has 0 aliphatic rings. The van der Waals surface area contributed by atoms with Crippen LogP contribution in [0.25, 0.3) is 0 Å². The average Bonchev–Trinajstić information content (AvgIpc) is 2.48. The van der Waals surface area contributed by atoms with E-state index in [4.69, 9.17) is 9.47 Å². The van der Waals surface area contributed by atoms with Crippen molar-refractivity contribution in [2.24, 2.45) is 0 Å². The first-order chi connectivity index (χ1) is 13.4. The van der Waals surface area contributed by atoms with E-state index in [1.807, 2.05) is 0 Å². The number of carbonyl (C=O) groups is 1. The topological polar surface area (TPSA) is 88.1 Å². The number of esters is 1. The Hall–Kier alpha value is -2.06. The highest BCUT2D eigenvalue weighted by Gasteiger charge is 2.44. The van der Waals surface area contributed by atoms with Gasteiger partial charge in [0.25, 0.3) is 0 Å². The third-order valence-electron chi connectivity index (χ3n) is 2.99. The number of hydrogen-bond donors (Lipinski definition) is 0. The zero-order chi connectivity index (χ0) is 23.5. The van der Waals surface area contributed by atoms with Gasteiger partial charge in [-0.15, -0.1) is 17.4 Å². The first-order valence-electron chi connectivity index (χ1n) is 8.12. The van der Waals surface area contributed by atoms with Gasteiger partial charge < -0.3 is 13.7 Å². The predicted molar refractivity (Wildman–Crippen MR) is 88.3 cm³/mol. The van der Waals surface area contributed by atoms with E-state index in [1.165, 1.54) is 27.7 Å². The molecule has 7 nitrogen and oxygen atoms in total. The summed E-state index contributed by atoms with van der Waals surface area (Å²) in [5, 5.41) is 0. The van der Waals surface area contributed by atoms with Gasteiger partial charge in [0.05, 0.1) is 17.8 Å². The Morgan fingerprint density at radius 2 is 1.63 bits per heavy atom. The smallest absolute Gasteiger partial charge is 0.464 e. The summed E-state index contributed by atoms with van der Waals surface area (Å²) in [5.41, 5.74) is -4.02. The Labute approximate surface area is 168 Å². The lowest BCUT2D eigenvalue weighted by atomic mass is 9.99. The summed E-state index contributed by atoms with van der Waals surface area (Å²) in [7, 11) is -5.89. The molecule has 1 unspecified atom stereocenters. The van der Waals surface area contributed by atoms with Gasteiger partial charge in [0.1, 0.15) is 0 Å². The Balaban J connectivity index is 3.70. The highest BCUT2D eigenvalue weighted by molar-refractivity contribution is 7.82. The summed E-state index contributed by atoms with van der Waals surface area (Å²) >= 11 is 0. The van der Waals surface area contributed by atoms with E-state index in [9.17, 15) is 39.6 Å². The molecule has 1 rings (SSSR count). The van der Waals surface area contributed by atoms with Gasteiger partial charge in [0.2, 0.25) is 0 Å². The number of hydrogen-bond acceptors (Lipinski definition) is 7. The van der Waals surface area contributed by atoms with E-state index in [-0.39, 0.29) is 6.61 Å². The molecule has 0 aromatic heterocycles. The van der Waals surface area contributed by atoms with Gasteiger partial charge in [0, 0.05) is 5.56 Å². The molecule has 0 saturated heterocycles. The van der Waals surface area contributed by atoms with E-state index in [0.717, 1.165) is 0 Å². The molecule has 30 heavy (non-hydrogen) atoms. The van der Waals surface area contributed by atoms with Crippen molar-refractivity contribution in [3.05, 3.63) is 29.3 Å². The highest BCUT2D eigenvalue weighted by atomic mass is 32.3. The Kier molecular flexibility index (Phi) is 7.77. The van der Waals surface area contributed by atoms with Crippen molar-refractivity contribution in [1.82, 2.24) is 0 Å². The van der Waals surface area contributed by atoms with E-state index < -0.39 is 57.5 Å². The van der Waals surface area contributed by atoms with Crippen LogP contribution in [-0.2, 0) is 35.0 Å². The van der Waals surface area contributed by atoms with Crippen LogP contribution in [0.2, 0.25) is 0 Å². The fraction of sp³-hybridized carbons (Fsp3) is 0.562. The molecular formula is C16H18F6O7S. The van der Waals surface area contributed by atoms with Gasteiger partial charge in [-0.1, -0.05) is 6.07 Å².